The summed E-state index contributed by atoms with van der Waals surface area (Å²) in [5.74, 6) is 0.167. The van der Waals surface area contributed by atoms with Crippen molar-refractivity contribution in [3.63, 3.8) is 0 Å². The van der Waals surface area contributed by atoms with Gasteiger partial charge in [-0.3, -0.25) is 4.98 Å². The van der Waals surface area contributed by atoms with Crippen molar-refractivity contribution in [2.45, 2.75) is 38.0 Å². The number of rotatable bonds is 1. The van der Waals surface area contributed by atoms with E-state index in [9.17, 15) is 4.39 Å². The maximum absolute atomic E-state index is 13.7. The van der Waals surface area contributed by atoms with Crippen LogP contribution in [0, 0.1) is 5.82 Å². The molecule has 1 aliphatic carbocycles. The highest BCUT2D eigenvalue weighted by molar-refractivity contribution is 9.10. The molecule has 2 rings (SSSR count). The van der Waals surface area contributed by atoms with Crippen LogP contribution in [0.3, 0.4) is 0 Å². The van der Waals surface area contributed by atoms with Crippen LogP contribution in [0.2, 0.25) is 0 Å². The molecule has 1 saturated carbocycles. The molecular weight excluding hydrogens is 245 g/mol. The molecule has 0 saturated heterocycles. The Morgan fingerprint density at radius 1 is 1.29 bits per heavy atom. The third-order valence-corrected chi connectivity index (χ3v) is 3.47. The van der Waals surface area contributed by atoms with Crippen LogP contribution >= 0.6 is 15.9 Å². The number of hydrogen-bond acceptors (Lipinski definition) is 1. The topological polar surface area (TPSA) is 12.9 Å². The summed E-state index contributed by atoms with van der Waals surface area (Å²) in [5, 5.41) is 0. The smallest absolute Gasteiger partial charge is 0.159 e. The van der Waals surface area contributed by atoms with Crippen molar-refractivity contribution in [2.75, 3.05) is 0 Å². The quantitative estimate of drug-likeness (QED) is 0.741. The fraction of sp³-hybridized carbons (Fsp3) is 0.545. The zero-order chi connectivity index (χ0) is 9.97. The van der Waals surface area contributed by atoms with Gasteiger partial charge in [-0.05, 0) is 34.8 Å². The Labute approximate surface area is 91.9 Å². The van der Waals surface area contributed by atoms with E-state index in [4.69, 9.17) is 0 Å². The van der Waals surface area contributed by atoms with E-state index in [1.54, 1.807) is 12.3 Å². The molecule has 0 radical (unpaired) electrons. The Bertz CT molecular complexity index is 321. The number of halogens is 2. The predicted molar refractivity (Wildman–Crippen MR) is 57.7 cm³/mol. The highest BCUT2D eigenvalue weighted by atomic mass is 79.9. The Morgan fingerprint density at radius 2 is 2.00 bits per heavy atom. The molecule has 1 fully saturated rings. The molecule has 0 N–H and O–H groups in total. The molecule has 0 atom stereocenters. The van der Waals surface area contributed by atoms with Crippen LogP contribution in [0.15, 0.2) is 16.7 Å². The molecule has 0 aliphatic heterocycles. The Balaban J connectivity index is 2.26. The average molecular weight is 258 g/mol. The molecule has 76 valence electrons. The minimum atomic E-state index is -0.167. The summed E-state index contributed by atoms with van der Waals surface area (Å²) in [6.07, 6.45) is 7.54. The summed E-state index contributed by atoms with van der Waals surface area (Å²) < 4.78 is 14.2. The fourth-order valence-electron chi connectivity index (χ4n) is 2.10. The molecule has 3 heteroatoms. The van der Waals surface area contributed by atoms with E-state index in [1.165, 1.54) is 19.3 Å². The van der Waals surface area contributed by atoms with E-state index in [0.29, 0.717) is 16.1 Å². The Kier molecular flexibility index (Phi) is 3.16. The van der Waals surface area contributed by atoms with Gasteiger partial charge in [0.1, 0.15) is 0 Å². The lowest BCUT2D eigenvalue weighted by Crippen LogP contribution is -2.08. The van der Waals surface area contributed by atoms with Crippen LogP contribution in [0.25, 0.3) is 0 Å². The number of pyridine rings is 1. The van der Waals surface area contributed by atoms with Gasteiger partial charge in [-0.2, -0.15) is 0 Å². The summed E-state index contributed by atoms with van der Waals surface area (Å²) in [5.41, 5.74) is 0.652. The van der Waals surface area contributed by atoms with Gasteiger partial charge in [-0.25, -0.2) is 4.39 Å². The Morgan fingerprint density at radius 3 is 2.71 bits per heavy atom. The van der Waals surface area contributed by atoms with E-state index < -0.39 is 0 Å². The third-order valence-electron chi connectivity index (χ3n) is 2.86. The minimum Gasteiger partial charge on any atom is -0.258 e. The summed E-state index contributed by atoms with van der Waals surface area (Å²) >= 11 is 3.20. The number of aromatic nitrogens is 1. The fourth-order valence-corrected chi connectivity index (χ4v) is 2.42. The highest BCUT2D eigenvalue weighted by Gasteiger charge is 2.20. The summed E-state index contributed by atoms with van der Waals surface area (Å²) in [6.45, 7) is 0. The van der Waals surface area contributed by atoms with Crippen LogP contribution in [-0.4, -0.2) is 4.98 Å². The van der Waals surface area contributed by atoms with Gasteiger partial charge in [0.05, 0.1) is 10.2 Å². The predicted octanol–water partition coefficient (Wildman–Crippen LogP) is 4.03. The Hall–Kier alpha value is -0.440. The van der Waals surface area contributed by atoms with E-state index in [-0.39, 0.29) is 5.82 Å². The van der Waals surface area contributed by atoms with Gasteiger partial charge in [0.15, 0.2) is 5.82 Å². The van der Waals surface area contributed by atoms with Crippen LogP contribution < -0.4 is 0 Å². The minimum absolute atomic E-state index is 0.167. The van der Waals surface area contributed by atoms with Crippen molar-refractivity contribution in [2.24, 2.45) is 0 Å². The zero-order valence-electron chi connectivity index (χ0n) is 7.97. The van der Waals surface area contributed by atoms with Gasteiger partial charge in [-0.15, -0.1) is 0 Å². The maximum Gasteiger partial charge on any atom is 0.159 e. The first-order valence-corrected chi connectivity index (χ1v) is 5.88. The lowest BCUT2D eigenvalue weighted by Gasteiger charge is -2.21. The van der Waals surface area contributed by atoms with E-state index in [1.807, 2.05) is 0 Å². The first-order valence-electron chi connectivity index (χ1n) is 5.09. The van der Waals surface area contributed by atoms with E-state index in [2.05, 4.69) is 20.9 Å². The molecule has 0 amide bonds. The molecule has 1 aliphatic rings. The molecule has 0 aromatic carbocycles. The molecule has 0 spiro atoms. The largest absolute Gasteiger partial charge is 0.258 e. The summed E-state index contributed by atoms with van der Waals surface area (Å²) in [7, 11) is 0. The molecular formula is C11H13BrFN. The van der Waals surface area contributed by atoms with E-state index >= 15 is 0 Å². The van der Waals surface area contributed by atoms with Crippen molar-refractivity contribution in [3.8, 4) is 0 Å². The first kappa shape index (κ1) is 10.1. The molecule has 0 unspecified atom stereocenters. The maximum atomic E-state index is 13.7. The van der Waals surface area contributed by atoms with Gasteiger partial charge in [0, 0.05) is 12.1 Å². The van der Waals surface area contributed by atoms with E-state index in [0.717, 1.165) is 12.8 Å². The van der Waals surface area contributed by atoms with Gasteiger partial charge in [-0.1, -0.05) is 19.3 Å². The second-order valence-corrected chi connectivity index (χ2v) is 4.68. The van der Waals surface area contributed by atoms with Crippen LogP contribution in [-0.2, 0) is 0 Å². The van der Waals surface area contributed by atoms with Crippen molar-refractivity contribution in [1.29, 1.82) is 0 Å². The summed E-state index contributed by atoms with van der Waals surface area (Å²) in [6, 6.07) is 1.65. The number of nitrogens with zero attached hydrogens (tertiary/aromatic N) is 1. The van der Waals surface area contributed by atoms with Crippen LogP contribution in [0.5, 0.6) is 0 Å². The molecule has 1 heterocycles. The monoisotopic (exact) mass is 257 g/mol. The third kappa shape index (κ3) is 1.97. The van der Waals surface area contributed by atoms with Crippen molar-refractivity contribution >= 4 is 15.9 Å². The zero-order valence-corrected chi connectivity index (χ0v) is 9.56. The second-order valence-electron chi connectivity index (χ2n) is 3.83. The highest BCUT2D eigenvalue weighted by Crippen LogP contribution is 2.34. The molecule has 1 aromatic rings. The van der Waals surface area contributed by atoms with Crippen molar-refractivity contribution in [1.82, 2.24) is 4.98 Å². The van der Waals surface area contributed by atoms with Crippen molar-refractivity contribution in [3.05, 3.63) is 28.2 Å². The average Bonchev–Trinajstić information content (AvgIpc) is 2.23. The molecule has 1 aromatic heterocycles. The normalized spacial score (nSPS) is 18.4. The number of hydrogen-bond donors (Lipinski definition) is 0. The van der Waals surface area contributed by atoms with Crippen molar-refractivity contribution < 1.29 is 4.39 Å². The molecule has 1 nitrogen and oxygen atoms in total. The van der Waals surface area contributed by atoms with Gasteiger partial charge < -0.3 is 0 Å². The second kappa shape index (κ2) is 4.39. The summed E-state index contributed by atoms with van der Waals surface area (Å²) in [4.78, 5) is 4.16. The molecule has 14 heavy (non-hydrogen) atoms. The lowest BCUT2D eigenvalue weighted by atomic mass is 9.86. The van der Waals surface area contributed by atoms with Gasteiger partial charge in [0.2, 0.25) is 0 Å². The molecule has 0 bridgehead atoms. The van der Waals surface area contributed by atoms with Crippen LogP contribution in [0.1, 0.15) is 43.7 Å². The standard InChI is InChI=1S/C11H13BrFN/c12-9-6-7-14-11(10(9)13)8-4-2-1-3-5-8/h6-8H,1-5H2. The SMILES string of the molecule is Fc1c(Br)ccnc1C1CCCCC1. The first-order chi connectivity index (χ1) is 6.79. The van der Waals surface area contributed by atoms with Gasteiger partial charge >= 0.3 is 0 Å². The van der Waals surface area contributed by atoms with Gasteiger partial charge in [0.25, 0.3) is 0 Å². The van der Waals surface area contributed by atoms with Crippen LogP contribution in [0.4, 0.5) is 4.39 Å². The lowest BCUT2D eigenvalue weighted by molar-refractivity contribution is 0.420.